The Balaban J connectivity index is 2.11. The summed E-state index contributed by atoms with van der Waals surface area (Å²) in [7, 11) is 0. The van der Waals surface area contributed by atoms with E-state index in [1.165, 1.54) is 44.9 Å². The van der Waals surface area contributed by atoms with Crippen molar-refractivity contribution in [2.75, 3.05) is 12.4 Å². The summed E-state index contributed by atoms with van der Waals surface area (Å²) in [5.41, 5.74) is 6.39. The SMILES string of the molecule is CC(C)(C)C1=CC(=C(c2ccc(OCCCCCCCCCCS)cc2)c2cc(C(C)(C)C)c(O)c(C(C)(C)C)c2)C=C(C(C)(C)C)C1=O. The maximum Gasteiger partial charge on any atom is 0.186 e. The van der Waals surface area contributed by atoms with Gasteiger partial charge in [-0.3, -0.25) is 4.79 Å². The molecule has 2 aromatic carbocycles. The second-order valence-corrected chi connectivity index (χ2v) is 18.6. The highest BCUT2D eigenvalue weighted by Crippen LogP contribution is 2.45. The minimum absolute atomic E-state index is 0.122. The highest BCUT2D eigenvalue weighted by atomic mass is 32.1. The minimum atomic E-state index is -0.329. The van der Waals surface area contributed by atoms with Crippen LogP contribution in [0.1, 0.15) is 157 Å². The summed E-state index contributed by atoms with van der Waals surface area (Å²) in [4.78, 5) is 13.9. The van der Waals surface area contributed by atoms with Crippen molar-refractivity contribution in [3.05, 3.63) is 87.5 Å². The van der Waals surface area contributed by atoms with Crippen LogP contribution in [0.2, 0.25) is 0 Å². The van der Waals surface area contributed by atoms with Crippen LogP contribution in [0.15, 0.2) is 65.3 Å². The maximum absolute atomic E-state index is 13.9. The number of carbonyl (C=O) groups is 1. The van der Waals surface area contributed by atoms with Crippen LogP contribution in [-0.4, -0.2) is 23.2 Å². The molecule has 0 aliphatic heterocycles. The van der Waals surface area contributed by atoms with Crippen molar-refractivity contribution < 1.29 is 14.6 Å². The summed E-state index contributed by atoms with van der Waals surface area (Å²) < 4.78 is 6.21. The number of ether oxygens (including phenoxy) is 1. The molecule has 0 atom stereocenters. The third kappa shape index (κ3) is 11.1. The third-order valence-corrected chi connectivity index (χ3v) is 9.79. The number of thiol groups is 1. The lowest BCUT2D eigenvalue weighted by Crippen LogP contribution is -2.28. The third-order valence-electron chi connectivity index (χ3n) is 9.47. The zero-order chi connectivity index (χ0) is 36.8. The Morgan fingerprint density at radius 3 is 1.45 bits per heavy atom. The number of benzene rings is 2. The molecule has 0 fully saturated rings. The molecule has 1 aliphatic rings. The Morgan fingerprint density at radius 1 is 0.612 bits per heavy atom. The second-order valence-electron chi connectivity index (χ2n) is 18.1. The monoisotopic (exact) mass is 686 g/mol. The molecule has 3 nitrogen and oxygen atoms in total. The zero-order valence-electron chi connectivity index (χ0n) is 32.9. The van der Waals surface area contributed by atoms with Crippen LogP contribution in [0.5, 0.6) is 11.5 Å². The smallest absolute Gasteiger partial charge is 0.186 e. The highest BCUT2D eigenvalue weighted by Gasteiger charge is 2.35. The Hall–Kier alpha value is -2.72. The van der Waals surface area contributed by atoms with Crippen molar-refractivity contribution in [3.8, 4) is 11.5 Å². The molecule has 0 saturated carbocycles. The van der Waals surface area contributed by atoms with Crippen molar-refractivity contribution in [3.63, 3.8) is 0 Å². The molecule has 0 unspecified atom stereocenters. The molecule has 1 N–H and O–H groups in total. The van der Waals surface area contributed by atoms with Gasteiger partial charge in [0.25, 0.3) is 0 Å². The summed E-state index contributed by atoms with van der Waals surface area (Å²) in [6.45, 7) is 26.3. The van der Waals surface area contributed by atoms with E-state index in [9.17, 15) is 9.90 Å². The quantitative estimate of drug-likeness (QED) is 0.163. The van der Waals surface area contributed by atoms with Gasteiger partial charge in [-0.1, -0.05) is 134 Å². The first kappa shape index (κ1) is 40.7. The number of unbranched alkanes of at least 4 members (excludes halogenated alkanes) is 7. The van der Waals surface area contributed by atoms with Crippen LogP contribution in [0, 0.1) is 10.8 Å². The normalized spacial score (nSPS) is 14.6. The molecule has 3 rings (SSSR count). The van der Waals surface area contributed by atoms with Crippen molar-refractivity contribution in [1.29, 1.82) is 0 Å². The molecular weight excluding hydrogens is 621 g/mol. The molecule has 0 radical (unpaired) electrons. The van der Waals surface area contributed by atoms with Crippen molar-refractivity contribution in [1.82, 2.24) is 0 Å². The van der Waals surface area contributed by atoms with Crippen LogP contribution >= 0.6 is 12.6 Å². The van der Waals surface area contributed by atoms with Crippen LogP contribution in [0.3, 0.4) is 0 Å². The van der Waals surface area contributed by atoms with Gasteiger partial charge in [0.05, 0.1) is 6.61 Å². The molecule has 49 heavy (non-hydrogen) atoms. The van der Waals surface area contributed by atoms with E-state index in [4.69, 9.17) is 4.74 Å². The van der Waals surface area contributed by atoms with E-state index < -0.39 is 0 Å². The summed E-state index contributed by atoms with van der Waals surface area (Å²) in [6, 6.07) is 12.8. The standard InChI is InChI=1S/C45H66O3S/c1-42(2,3)35-27-32(28-36(40(35)46)43(4,5)6)39(33-29-37(44(7,8)9)41(47)38(30-33)45(10,11)12)31-21-23-34(24-22-31)48-25-19-17-15-13-14-16-18-20-26-49/h21-24,27-30,46,49H,13-20,25-26H2,1-12H3. The average molecular weight is 687 g/mol. The number of phenols is 1. The fraction of sp³-hybridized carbons (Fsp3) is 0.578. The number of ketones is 1. The van der Waals surface area contributed by atoms with Gasteiger partial charge in [0.15, 0.2) is 5.78 Å². The zero-order valence-corrected chi connectivity index (χ0v) is 33.8. The number of carbonyl (C=O) groups excluding carboxylic acids is 1. The topological polar surface area (TPSA) is 46.5 Å². The Bertz CT molecular complexity index is 1450. The van der Waals surface area contributed by atoms with E-state index in [0.717, 1.165) is 62.5 Å². The summed E-state index contributed by atoms with van der Waals surface area (Å²) in [6.07, 6.45) is 14.2. The van der Waals surface area contributed by atoms with E-state index in [-0.39, 0.29) is 27.4 Å². The minimum Gasteiger partial charge on any atom is -0.507 e. The Kier molecular flexibility index (Phi) is 13.7. The molecule has 4 heteroatoms. The number of aromatic hydroxyl groups is 1. The molecule has 0 heterocycles. The lowest BCUT2D eigenvalue weighted by atomic mass is 9.70. The van der Waals surface area contributed by atoms with Crippen LogP contribution in [-0.2, 0) is 15.6 Å². The fourth-order valence-electron chi connectivity index (χ4n) is 6.49. The largest absolute Gasteiger partial charge is 0.507 e. The van der Waals surface area contributed by atoms with E-state index in [1.807, 2.05) is 0 Å². The summed E-state index contributed by atoms with van der Waals surface area (Å²) >= 11 is 4.31. The van der Waals surface area contributed by atoms with E-state index in [0.29, 0.717) is 12.4 Å². The molecule has 0 aromatic heterocycles. The van der Waals surface area contributed by atoms with Gasteiger partial charge in [-0.25, -0.2) is 0 Å². The van der Waals surface area contributed by atoms with E-state index >= 15 is 0 Å². The maximum atomic E-state index is 13.9. The lowest BCUT2D eigenvalue weighted by molar-refractivity contribution is -0.114. The van der Waals surface area contributed by atoms with E-state index in [1.54, 1.807) is 0 Å². The molecule has 2 aromatic rings. The van der Waals surface area contributed by atoms with Crippen molar-refractivity contribution in [2.45, 2.75) is 145 Å². The summed E-state index contributed by atoms with van der Waals surface area (Å²) in [5.74, 6) is 2.35. The fourth-order valence-corrected chi connectivity index (χ4v) is 6.72. The number of allylic oxidation sites excluding steroid dienone is 5. The molecule has 0 bridgehead atoms. The lowest BCUT2D eigenvalue weighted by Gasteiger charge is -2.32. The van der Waals surface area contributed by atoms with Gasteiger partial charge >= 0.3 is 0 Å². The first-order chi connectivity index (χ1) is 22.7. The molecule has 0 saturated heterocycles. The first-order valence-electron chi connectivity index (χ1n) is 18.6. The average Bonchev–Trinajstić information content (AvgIpc) is 2.98. The number of phenolic OH excluding ortho intramolecular Hbond substituents is 1. The molecule has 270 valence electrons. The number of hydrogen-bond acceptors (Lipinski definition) is 4. The number of rotatable bonds is 13. The predicted octanol–water partition coefficient (Wildman–Crippen LogP) is 12.7. The van der Waals surface area contributed by atoms with Gasteiger partial charge in [0.2, 0.25) is 0 Å². The van der Waals surface area contributed by atoms with Gasteiger partial charge < -0.3 is 9.84 Å². The predicted molar refractivity (Wildman–Crippen MR) is 214 cm³/mol. The highest BCUT2D eigenvalue weighted by molar-refractivity contribution is 7.80. The first-order valence-corrected chi connectivity index (χ1v) is 19.2. The summed E-state index contributed by atoms with van der Waals surface area (Å²) in [5, 5.41) is 11.6. The second kappa shape index (κ2) is 16.5. The number of Topliss-reactive ketones (excluding diaryl/α,β-unsaturated/α-hetero) is 1. The molecular formula is C45H66O3S. The van der Waals surface area contributed by atoms with Gasteiger partial charge in [-0.2, -0.15) is 12.6 Å². The van der Waals surface area contributed by atoms with Crippen LogP contribution in [0.25, 0.3) is 5.57 Å². The van der Waals surface area contributed by atoms with Crippen LogP contribution < -0.4 is 4.74 Å². The van der Waals surface area contributed by atoms with Crippen LogP contribution in [0.4, 0.5) is 0 Å². The Labute approximate surface area is 305 Å². The molecule has 1 aliphatic carbocycles. The molecule has 0 amide bonds. The van der Waals surface area contributed by atoms with Crippen molar-refractivity contribution >= 4 is 24.0 Å². The van der Waals surface area contributed by atoms with Gasteiger partial charge in [0, 0.05) is 22.3 Å². The number of hydrogen-bond donors (Lipinski definition) is 2. The van der Waals surface area contributed by atoms with Gasteiger partial charge in [-0.15, -0.1) is 0 Å². The molecule has 0 spiro atoms. The van der Waals surface area contributed by atoms with E-state index in [2.05, 4.69) is 144 Å². The van der Waals surface area contributed by atoms with Gasteiger partial charge in [-0.05, 0) is 98.9 Å². The van der Waals surface area contributed by atoms with Crippen molar-refractivity contribution in [2.24, 2.45) is 10.8 Å². The van der Waals surface area contributed by atoms with Gasteiger partial charge in [0.1, 0.15) is 11.5 Å². The Morgan fingerprint density at radius 2 is 1.04 bits per heavy atom.